The predicted octanol–water partition coefficient (Wildman–Crippen LogP) is 6.83. The van der Waals surface area contributed by atoms with E-state index in [-0.39, 0.29) is 0 Å². The monoisotopic (exact) mass is 282 g/mol. The van der Waals surface area contributed by atoms with Crippen LogP contribution in [0.2, 0.25) is 0 Å². The van der Waals surface area contributed by atoms with Crippen molar-refractivity contribution in [3.8, 4) is 0 Å². The van der Waals surface area contributed by atoms with E-state index in [1.807, 2.05) is 0 Å². The summed E-state index contributed by atoms with van der Waals surface area (Å²) in [4.78, 5) is 0. The van der Waals surface area contributed by atoms with Crippen LogP contribution in [0.15, 0.2) is 36.4 Å². The van der Waals surface area contributed by atoms with Crippen molar-refractivity contribution >= 4 is 10.8 Å². The topological polar surface area (TPSA) is 0 Å². The molecule has 0 amide bonds. The Morgan fingerprint density at radius 1 is 0.714 bits per heavy atom. The highest BCUT2D eigenvalue weighted by Gasteiger charge is 2.01. The SMILES string of the molecule is CCCCCCCCCCc1cc2ccccc2cc1C. The summed E-state index contributed by atoms with van der Waals surface area (Å²) in [5.74, 6) is 0. The second kappa shape index (κ2) is 8.87. The van der Waals surface area contributed by atoms with E-state index < -0.39 is 0 Å². The van der Waals surface area contributed by atoms with Gasteiger partial charge in [-0.15, -0.1) is 0 Å². The number of hydrogen-bond donors (Lipinski definition) is 0. The Kier molecular flexibility index (Phi) is 6.79. The van der Waals surface area contributed by atoms with Gasteiger partial charge in [0, 0.05) is 0 Å². The lowest BCUT2D eigenvalue weighted by Crippen LogP contribution is -1.91. The van der Waals surface area contributed by atoms with Gasteiger partial charge in [0.15, 0.2) is 0 Å². The van der Waals surface area contributed by atoms with E-state index in [1.165, 1.54) is 74.1 Å². The molecule has 0 spiro atoms. The van der Waals surface area contributed by atoms with Gasteiger partial charge in [-0.2, -0.15) is 0 Å². The maximum Gasteiger partial charge on any atom is -0.0181 e. The van der Waals surface area contributed by atoms with Gasteiger partial charge in [-0.25, -0.2) is 0 Å². The zero-order valence-corrected chi connectivity index (χ0v) is 13.8. The predicted molar refractivity (Wildman–Crippen MR) is 95.0 cm³/mol. The summed E-state index contributed by atoms with van der Waals surface area (Å²) in [5, 5.41) is 2.76. The van der Waals surface area contributed by atoms with Crippen LogP contribution < -0.4 is 0 Å². The Morgan fingerprint density at radius 2 is 1.29 bits per heavy atom. The van der Waals surface area contributed by atoms with Gasteiger partial charge < -0.3 is 0 Å². The van der Waals surface area contributed by atoms with E-state index in [4.69, 9.17) is 0 Å². The first kappa shape index (κ1) is 16.1. The fourth-order valence-electron chi connectivity index (χ4n) is 3.12. The van der Waals surface area contributed by atoms with Crippen LogP contribution in [0.5, 0.6) is 0 Å². The normalized spacial score (nSPS) is 11.1. The van der Waals surface area contributed by atoms with Gasteiger partial charge >= 0.3 is 0 Å². The highest BCUT2D eigenvalue weighted by Crippen LogP contribution is 2.21. The van der Waals surface area contributed by atoms with Gasteiger partial charge in [-0.05, 0) is 41.7 Å². The molecule has 0 aliphatic carbocycles. The van der Waals surface area contributed by atoms with Crippen LogP contribution in [-0.4, -0.2) is 0 Å². The summed E-state index contributed by atoms with van der Waals surface area (Å²) < 4.78 is 0. The third-order valence-corrected chi connectivity index (χ3v) is 4.50. The van der Waals surface area contributed by atoms with Crippen molar-refractivity contribution in [1.29, 1.82) is 0 Å². The molecule has 0 atom stereocenters. The Hall–Kier alpha value is -1.30. The van der Waals surface area contributed by atoms with Gasteiger partial charge in [-0.1, -0.05) is 88.3 Å². The van der Waals surface area contributed by atoms with Crippen LogP contribution in [0.4, 0.5) is 0 Å². The van der Waals surface area contributed by atoms with E-state index in [0.717, 1.165) is 0 Å². The third kappa shape index (κ3) is 5.19. The van der Waals surface area contributed by atoms with E-state index in [9.17, 15) is 0 Å². The van der Waals surface area contributed by atoms with Crippen LogP contribution in [0.3, 0.4) is 0 Å². The van der Waals surface area contributed by atoms with Crippen LogP contribution >= 0.6 is 0 Å². The van der Waals surface area contributed by atoms with Gasteiger partial charge in [0.05, 0.1) is 0 Å². The van der Waals surface area contributed by atoms with E-state index >= 15 is 0 Å². The first-order valence-corrected chi connectivity index (χ1v) is 8.79. The Morgan fingerprint density at radius 3 is 1.95 bits per heavy atom. The number of fused-ring (bicyclic) bond motifs is 1. The highest BCUT2D eigenvalue weighted by molar-refractivity contribution is 5.84. The van der Waals surface area contributed by atoms with Crippen LogP contribution in [0.1, 0.15) is 69.4 Å². The molecule has 0 aromatic heterocycles. The molecule has 0 N–H and O–H groups in total. The van der Waals surface area contributed by atoms with E-state index in [1.54, 1.807) is 5.56 Å². The first-order valence-electron chi connectivity index (χ1n) is 8.79. The lowest BCUT2D eigenvalue weighted by molar-refractivity contribution is 0.575. The lowest BCUT2D eigenvalue weighted by Gasteiger charge is -2.08. The van der Waals surface area contributed by atoms with Crippen molar-refractivity contribution in [1.82, 2.24) is 0 Å². The number of unbranched alkanes of at least 4 members (excludes halogenated alkanes) is 7. The number of rotatable bonds is 9. The molecule has 0 nitrogen and oxygen atoms in total. The van der Waals surface area contributed by atoms with Crippen molar-refractivity contribution in [2.24, 2.45) is 0 Å². The molecule has 0 heteroatoms. The second-order valence-electron chi connectivity index (χ2n) is 6.35. The summed E-state index contributed by atoms with van der Waals surface area (Å²) in [6.07, 6.45) is 12.4. The summed E-state index contributed by atoms with van der Waals surface area (Å²) in [5.41, 5.74) is 3.00. The van der Waals surface area contributed by atoms with Gasteiger partial charge in [0.2, 0.25) is 0 Å². The van der Waals surface area contributed by atoms with Crippen molar-refractivity contribution < 1.29 is 0 Å². The summed E-state index contributed by atoms with van der Waals surface area (Å²) in [6, 6.07) is 13.4. The minimum atomic E-state index is 1.24. The molecule has 0 bridgehead atoms. The Balaban J connectivity index is 1.74. The minimum Gasteiger partial charge on any atom is -0.0654 e. The average molecular weight is 282 g/mol. The molecule has 0 fully saturated rings. The average Bonchev–Trinajstić information content (AvgIpc) is 2.50. The molecule has 2 aromatic carbocycles. The van der Waals surface area contributed by atoms with Crippen molar-refractivity contribution in [3.63, 3.8) is 0 Å². The molecule has 0 heterocycles. The van der Waals surface area contributed by atoms with Gasteiger partial charge in [0.1, 0.15) is 0 Å². The molecule has 21 heavy (non-hydrogen) atoms. The van der Waals surface area contributed by atoms with Crippen molar-refractivity contribution in [2.45, 2.75) is 71.6 Å². The Bertz CT molecular complexity index is 539. The fraction of sp³-hybridized carbons (Fsp3) is 0.524. The van der Waals surface area contributed by atoms with Gasteiger partial charge in [0.25, 0.3) is 0 Å². The largest absolute Gasteiger partial charge is 0.0654 e. The van der Waals surface area contributed by atoms with Crippen LogP contribution in [0, 0.1) is 6.92 Å². The number of aryl methyl sites for hydroxylation is 2. The quantitative estimate of drug-likeness (QED) is 0.442. The molecule has 0 aliphatic heterocycles. The molecule has 0 aliphatic rings. The highest BCUT2D eigenvalue weighted by atomic mass is 14.1. The van der Waals surface area contributed by atoms with Crippen molar-refractivity contribution in [3.05, 3.63) is 47.5 Å². The van der Waals surface area contributed by atoms with Crippen LogP contribution in [0.25, 0.3) is 10.8 Å². The fourth-order valence-corrected chi connectivity index (χ4v) is 3.12. The van der Waals surface area contributed by atoms with Crippen molar-refractivity contribution in [2.75, 3.05) is 0 Å². The van der Waals surface area contributed by atoms with E-state index in [0.29, 0.717) is 0 Å². The molecule has 0 radical (unpaired) electrons. The molecule has 0 saturated carbocycles. The van der Waals surface area contributed by atoms with E-state index in [2.05, 4.69) is 50.2 Å². The molecular formula is C21H30. The molecular weight excluding hydrogens is 252 g/mol. The second-order valence-corrected chi connectivity index (χ2v) is 6.35. The standard InChI is InChI=1S/C21H30/c1-3-4-5-6-7-8-9-10-13-19-17-21-15-12-11-14-20(21)16-18(19)2/h11-12,14-17H,3-10,13H2,1-2H3. The van der Waals surface area contributed by atoms with Gasteiger partial charge in [-0.3, -0.25) is 0 Å². The zero-order valence-electron chi connectivity index (χ0n) is 13.8. The smallest absolute Gasteiger partial charge is 0.0181 e. The summed E-state index contributed by atoms with van der Waals surface area (Å²) >= 11 is 0. The third-order valence-electron chi connectivity index (χ3n) is 4.50. The Labute approximate surface area is 130 Å². The maximum absolute atomic E-state index is 2.39. The maximum atomic E-state index is 2.39. The zero-order chi connectivity index (χ0) is 14.9. The minimum absolute atomic E-state index is 1.24. The molecule has 2 rings (SSSR count). The summed E-state index contributed by atoms with van der Waals surface area (Å²) in [7, 11) is 0. The molecule has 114 valence electrons. The molecule has 0 saturated heterocycles. The van der Waals surface area contributed by atoms with Crippen LogP contribution in [-0.2, 0) is 6.42 Å². The number of hydrogen-bond acceptors (Lipinski definition) is 0. The number of benzene rings is 2. The first-order chi connectivity index (χ1) is 10.3. The molecule has 0 unspecified atom stereocenters. The lowest BCUT2D eigenvalue weighted by atomic mass is 9.97. The summed E-state index contributed by atoms with van der Waals surface area (Å²) in [6.45, 7) is 4.54. The molecule has 2 aromatic rings.